The van der Waals surface area contributed by atoms with Crippen LogP contribution in [0.3, 0.4) is 0 Å². The summed E-state index contributed by atoms with van der Waals surface area (Å²) in [6.45, 7) is 7.52. The summed E-state index contributed by atoms with van der Waals surface area (Å²) >= 11 is 0. The molecule has 1 atom stereocenters. The summed E-state index contributed by atoms with van der Waals surface area (Å²) in [6.07, 6.45) is -1.24. The number of nitrogens with zero attached hydrogens (tertiary/aromatic N) is 1. The van der Waals surface area contributed by atoms with Crippen molar-refractivity contribution in [1.82, 2.24) is 0 Å². The van der Waals surface area contributed by atoms with Gasteiger partial charge in [-0.05, 0) is 33.6 Å². The van der Waals surface area contributed by atoms with E-state index in [1.54, 1.807) is 6.92 Å². The molecule has 1 unspecified atom stereocenters. The minimum atomic E-state index is -4.18. The van der Waals surface area contributed by atoms with Crippen LogP contribution < -0.4 is 0 Å². The fourth-order valence-electron chi connectivity index (χ4n) is 0.707. The van der Waals surface area contributed by atoms with Gasteiger partial charge in [0, 0.05) is 5.70 Å². The molecule has 0 radical (unpaired) electrons. The largest absolute Gasteiger partial charge is 0.395 e. The second kappa shape index (κ2) is 4.98. The van der Waals surface area contributed by atoms with Crippen molar-refractivity contribution < 1.29 is 13.2 Å². The van der Waals surface area contributed by atoms with E-state index < -0.39 is 12.1 Å². The minimum Gasteiger partial charge on any atom is -0.269 e. The van der Waals surface area contributed by atoms with Crippen LogP contribution in [0.1, 0.15) is 20.8 Å². The third-order valence-electron chi connectivity index (χ3n) is 2.01. The smallest absolute Gasteiger partial charge is 0.269 e. The second-order valence-electron chi connectivity index (χ2n) is 3.14. The predicted octanol–water partition coefficient (Wildman–Crippen LogP) is 3.74. The van der Waals surface area contributed by atoms with Crippen molar-refractivity contribution in [3.63, 3.8) is 0 Å². The Hall–Kier alpha value is -1.06. The number of allylic oxidation sites excluding steroid dienone is 4. The molecule has 0 aliphatic rings. The van der Waals surface area contributed by atoms with Crippen molar-refractivity contribution in [2.75, 3.05) is 0 Å². The Balaban J connectivity index is 4.62. The van der Waals surface area contributed by atoms with Crippen LogP contribution in [-0.4, -0.2) is 12.9 Å². The maximum Gasteiger partial charge on any atom is 0.395 e. The second-order valence-corrected chi connectivity index (χ2v) is 3.14. The Kier molecular flexibility index (Phi) is 4.60. The van der Waals surface area contributed by atoms with Gasteiger partial charge in [0.05, 0.1) is 5.92 Å². The van der Waals surface area contributed by atoms with Crippen LogP contribution in [-0.2, 0) is 0 Å². The van der Waals surface area contributed by atoms with Crippen molar-refractivity contribution in [2.45, 2.75) is 26.9 Å². The van der Waals surface area contributed by atoms with E-state index in [4.69, 9.17) is 0 Å². The number of aliphatic imine (C=N–C) groups is 1. The number of hydrogen-bond donors (Lipinski definition) is 0. The molecule has 0 aliphatic heterocycles. The minimum absolute atomic E-state index is 0.264. The lowest BCUT2D eigenvalue weighted by Gasteiger charge is -2.15. The molecule has 80 valence electrons. The predicted molar refractivity (Wildman–Crippen MR) is 52.3 cm³/mol. The molecule has 0 aromatic rings. The maximum atomic E-state index is 12.2. The van der Waals surface area contributed by atoms with Gasteiger partial charge >= 0.3 is 6.18 Å². The van der Waals surface area contributed by atoms with Gasteiger partial charge in [-0.15, -0.1) is 0 Å². The van der Waals surface area contributed by atoms with E-state index in [1.807, 2.05) is 0 Å². The molecule has 1 nitrogen and oxygen atoms in total. The van der Waals surface area contributed by atoms with Gasteiger partial charge in [0.2, 0.25) is 0 Å². The molecule has 0 rings (SSSR count). The fraction of sp³-hybridized carbons (Fsp3) is 0.500. The molecule has 0 heterocycles. The Labute approximate surface area is 82.0 Å². The molecule has 14 heavy (non-hydrogen) atoms. The Bertz CT molecular complexity index is 261. The third-order valence-corrected chi connectivity index (χ3v) is 2.01. The van der Waals surface area contributed by atoms with Gasteiger partial charge in [-0.1, -0.05) is 11.6 Å². The van der Waals surface area contributed by atoms with Crippen LogP contribution in [0.5, 0.6) is 0 Å². The highest BCUT2D eigenvalue weighted by Crippen LogP contribution is 2.31. The average molecular weight is 205 g/mol. The Morgan fingerprint density at radius 3 is 2.14 bits per heavy atom. The van der Waals surface area contributed by atoms with E-state index in [1.165, 1.54) is 19.1 Å². The number of rotatable bonds is 3. The molecule has 0 bridgehead atoms. The van der Waals surface area contributed by atoms with E-state index in [0.29, 0.717) is 5.70 Å². The molecule has 0 aromatic carbocycles. The first-order valence-electron chi connectivity index (χ1n) is 4.17. The zero-order valence-electron chi connectivity index (χ0n) is 8.52. The first-order valence-corrected chi connectivity index (χ1v) is 4.17. The highest BCUT2D eigenvalue weighted by Gasteiger charge is 2.36. The molecule has 0 N–H and O–H groups in total. The zero-order valence-corrected chi connectivity index (χ0v) is 8.52. The third kappa shape index (κ3) is 4.25. The molecule has 0 aromatic heterocycles. The van der Waals surface area contributed by atoms with Crippen LogP contribution in [0.4, 0.5) is 13.2 Å². The lowest BCUT2D eigenvalue weighted by atomic mass is 10.0. The number of halogens is 3. The SMILES string of the molecule is C=N/C(C)=C\C=C(/C)C(C)C(F)(F)F. The van der Waals surface area contributed by atoms with E-state index in [9.17, 15) is 13.2 Å². The van der Waals surface area contributed by atoms with E-state index >= 15 is 0 Å². The van der Waals surface area contributed by atoms with Crippen LogP contribution >= 0.6 is 0 Å². The summed E-state index contributed by atoms with van der Waals surface area (Å²) in [7, 11) is 0. The van der Waals surface area contributed by atoms with E-state index in [-0.39, 0.29) is 5.57 Å². The fourth-order valence-corrected chi connectivity index (χ4v) is 0.707. The molecule has 0 spiro atoms. The van der Waals surface area contributed by atoms with Crippen LogP contribution in [0.15, 0.2) is 28.4 Å². The topological polar surface area (TPSA) is 12.4 Å². The Morgan fingerprint density at radius 1 is 1.29 bits per heavy atom. The first-order chi connectivity index (χ1) is 6.29. The molecule has 0 aliphatic carbocycles. The van der Waals surface area contributed by atoms with Crippen LogP contribution in [0.2, 0.25) is 0 Å². The van der Waals surface area contributed by atoms with Gasteiger partial charge in [-0.25, -0.2) is 0 Å². The van der Waals surface area contributed by atoms with Gasteiger partial charge in [0.15, 0.2) is 0 Å². The van der Waals surface area contributed by atoms with Crippen LogP contribution in [0, 0.1) is 5.92 Å². The molecular weight excluding hydrogens is 191 g/mol. The molecule has 0 saturated heterocycles. The standard InChI is InChI=1S/C10H14F3N/c1-7(5-6-8(2)14-4)9(3)10(11,12)13/h5-6,9H,4H2,1-3H3/b7-5+,8-6-. The molecule has 0 amide bonds. The normalized spacial score (nSPS) is 16.7. The first kappa shape index (κ1) is 12.9. The van der Waals surface area contributed by atoms with Gasteiger partial charge < -0.3 is 0 Å². The molecule has 0 fully saturated rings. The van der Waals surface area contributed by atoms with Crippen molar-refractivity contribution in [3.05, 3.63) is 23.4 Å². The lowest BCUT2D eigenvalue weighted by molar-refractivity contribution is -0.159. The number of hydrogen-bond acceptors (Lipinski definition) is 1. The summed E-state index contributed by atoms with van der Waals surface area (Å²) in [5.41, 5.74) is 0.860. The summed E-state index contributed by atoms with van der Waals surface area (Å²) in [5, 5.41) is 0. The maximum absolute atomic E-state index is 12.2. The number of alkyl halides is 3. The lowest BCUT2D eigenvalue weighted by Crippen LogP contribution is -2.20. The monoisotopic (exact) mass is 205 g/mol. The highest BCUT2D eigenvalue weighted by molar-refractivity contribution is 5.30. The Morgan fingerprint density at radius 2 is 1.79 bits per heavy atom. The van der Waals surface area contributed by atoms with Crippen molar-refractivity contribution in [3.8, 4) is 0 Å². The molecule has 4 heteroatoms. The quantitative estimate of drug-likeness (QED) is 0.491. The van der Waals surface area contributed by atoms with Gasteiger partial charge in [0.1, 0.15) is 0 Å². The summed E-state index contributed by atoms with van der Waals surface area (Å²) in [5.74, 6) is -1.42. The molecular formula is C10H14F3N. The summed E-state index contributed by atoms with van der Waals surface area (Å²) in [6, 6.07) is 0. The van der Waals surface area contributed by atoms with Crippen molar-refractivity contribution in [1.29, 1.82) is 0 Å². The molecule has 0 saturated carbocycles. The van der Waals surface area contributed by atoms with Crippen molar-refractivity contribution >= 4 is 6.72 Å². The van der Waals surface area contributed by atoms with E-state index in [0.717, 1.165) is 6.92 Å². The van der Waals surface area contributed by atoms with Crippen molar-refractivity contribution in [2.24, 2.45) is 10.9 Å². The van der Waals surface area contributed by atoms with Gasteiger partial charge in [0.25, 0.3) is 0 Å². The van der Waals surface area contributed by atoms with Gasteiger partial charge in [-0.2, -0.15) is 13.2 Å². The van der Waals surface area contributed by atoms with E-state index in [2.05, 4.69) is 11.7 Å². The average Bonchev–Trinajstić information content (AvgIpc) is 2.10. The van der Waals surface area contributed by atoms with Crippen LogP contribution in [0.25, 0.3) is 0 Å². The highest BCUT2D eigenvalue weighted by atomic mass is 19.4. The van der Waals surface area contributed by atoms with Gasteiger partial charge in [-0.3, -0.25) is 4.99 Å². The summed E-state index contributed by atoms with van der Waals surface area (Å²) in [4.78, 5) is 3.57. The zero-order chi connectivity index (χ0) is 11.4. The summed E-state index contributed by atoms with van der Waals surface area (Å²) < 4.78 is 36.6.